The molecule has 33 heavy (non-hydrogen) atoms. The minimum absolute atomic E-state index is 0.123. The third kappa shape index (κ3) is 5.30. The van der Waals surface area contributed by atoms with E-state index in [9.17, 15) is 4.79 Å². The molecule has 1 fully saturated rings. The lowest BCUT2D eigenvalue weighted by Gasteiger charge is -2.33. The maximum atomic E-state index is 13.2. The molecule has 1 atom stereocenters. The van der Waals surface area contributed by atoms with Crippen LogP contribution in [0.3, 0.4) is 0 Å². The van der Waals surface area contributed by atoms with Gasteiger partial charge in [0.1, 0.15) is 11.6 Å². The highest BCUT2D eigenvalue weighted by Crippen LogP contribution is 2.30. The topological polar surface area (TPSA) is 71.5 Å². The molecule has 0 saturated carbocycles. The van der Waals surface area contributed by atoms with Gasteiger partial charge in [0.2, 0.25) is 5.91 Å². The summed E-state index contributed by atoms with van der Waals surface area (Å²) in [4.78, 5) is 31.0. The van der Waals surface area contributed by atoms with Crippen LogP contribution < -0.4 is 9.64 Å². The Balaban J connectivity index is 1.56. The number of nitrogens with zero attached hydrogens (tertiary/aromatic N) is 5. The summed E-state index contributed by atoms with van der Waals surface area (Å²) in [5, 5.41) is 0. The van der Waals surface area contributed by atoms with E-state index in [4.69, 9.17) is 14.7 Å². The molecule has 1 aromatic carbocycles. The smallest absolute Gasteiger partial charge is 0.227 e. The summed E-state index contributed by atoms with van der Waals surface area (Å²) in [7, 11) is 5.60. The van der Waals surface area contributed by atoms with E-state index in [2.05, 4.69) is 4.98 Å². The Hall–Kier alpha value is -3.48. The third-order valence-electron chi connectivity index (χ3n) is 6.08. The molecule has 3 aromatic rings. The fourth-order valence-corrected chi connectivity index (χ4v) is 4.28. The van der Waals surface area contributed by atoms with E-state index >= 15 is 0 Å². The molecule has 0 bridgehead atoms. The maximum Gasteiger partial charge on any atom is 0.227 e. The van der Waals surface area contributed by atoms with E-state index in [0.717, 1.165) is 53.3 Å². The van der Waals surface area contributed by atoms with Gasteiger partial charge in [0, 0.05) is 62.7 Å². The maximum absolute atomic E-state index is 13.2. The summed E-state index contributed by atoms with van der Waals surface area (Å²) in [6.07, 6.45) is 5.81. The second kappa shape index (κ2) is 9.98. The van der Waals surface area contributed by atoms with Crippen molar-refractivity contribution in [1.29, 1.82) is 0 Å². The number of aryl methyl sites for hydroxylation is 1. The molecule has 1 aliphatic rings. The highest BCUT2D eigenvalue weighted by Gasteiger charge is 2.27. The number of aromatic nitrogens is 3. The number of carbonyl (C=O) groups is 1. The fraction of sp³-hybridized carbons (Fsp3) is 0.385. The first kappa shape index (κ1) is 22.7. The molecule has 1 saturated heterocycles. The molecule has 0 N–H and O–H groups in total. The predicted molar refractivity (Wildman–Crippen MR) is 130 cm³/mol. The summed E-state index contributed by atoms with van der Waals surface area (Å²) in [5.41, 5.74) is 3.91. The predicted octanol–water partition coefficient (Wildman–Crippen LogP) is 3.87. The summed E-state index contributed by atoms with van der Waals surface area (Å²) < 4.78 is 5.47. The molecule has 0 aliphatic carbocycles. The molecule has 172 valence electrons. The number of amides is 1. The van der Waals surface area contributed by atoms with Crippen molar-refractivity contribution in [2.24, 2.45) is 0 Å². The second-order valence-corrected chi connectivity index (χ2v) is 8.78. The van der Waals surface area contributed by atoms with Crippen LogP contribution in [0.2, 0.25) is 0 Å². The number of methoxy groups -OCH3 is 1. The van der Waals surface area contributed by atoms with Gasteiger partial charge in [-0.2, -0.15) is 0 Å². The van der Waals surface area contributed by atoms with Crippen molar-refractivity contribution in [3.8, 4) is 17.1 Å². The van der Waals surface area contributed by atoms with Crippen LogP contribution in [-0.2, 0) is 11.2 Å². The fourth-order valence-electron chi connectivity index (χ4n) is 4.28. The molecule has 7 heteroatoms. The van der Waals surface area contributed by atoms with E-state index in [1.807, 2.05) is 67.2 Å². The number of pyridine rings is 1. The normalized spacial score (nSPS) is 15.9. The summed E-state index contributed by atoms with van der Waals surface area (Å²) in [5.74, 6) is 2.57. The third-order valence-corrected chi connectivity index (χ3v) is 6.08. The number of hydrogen-bond acceptors (Lipinski definition) is 6. The first-order valence-electron chi connectivity index (χ1n) is 11.3. The van der Waals surface area contributed by atoms with Crippen LogP contribution in [0.25, 0.3) is 11.4 Å². The van der Waals surface area contributed by atoms with E-state index in [1.165, 1.54) is 0 Å². The van der Waals surface area contributed by atoms with Crippen LogP contribution in [0.5, 0.6) is 5.75 Å². The highest BCUT2D eigenvalue weighted by atomic mass is 16.5. The van der Waals surface area contributed by atoms with E-state index in [-0.39, 0.29) is 11.8 Å². The molecular weight excluding hydrogens is 414 g/mol. The van der Waals surface area contributed by atoms with Crippen molar-refractivity contribution in [1.82, 2.24) is 19.9 Å². The lowest BCUT2D eigenvalue weighted by molar-refractivity contribution is -0.131. The van der Waals surface area contributed by atoms with Crippen molar-refractivity contribution in [3.63, 3.8) is 0 Å². The molecule has 0 spiro atoms. The minimum atomic E-state index is 0.123. The number of benzene rings is 1. The number of rotatable bonds is 6. The number of hydrogen-bond donors (Lipinski definition) is 0. The van der Waals surface area contributed by atoms with E-state index in [0.29, 0.717) is 18.8 Å². The number of piperidine rings is 1. The Bertz CT molecular complexity index is 1120. The number of likely N-dealkylation sites (tertiary alicyclic amines) is 1. The molecule has 1 aliphatic heterocycles. The molecule has 1 amide bonds. The van der Waals surface area contributed by atoms with Crippen molar-refractivity contribution in [2.75, 3.05) is 39.2 Å². The van der Waals surface area contributed by atoms with Crippen molar-refractivity contribution in [2.45, 2.75) is 32.1 Å². The van der Waals surface area contributed by atoms with Crippen LogP contribution >= 0.6 is 0 Å². The SMILES string of the molecule is COc1ccc(C)cc1CC(=O)N1CCC[C@H](c2cc(N(C)C)nc(-c3cccnc3)n2)C1. The number of anilines is 1. The first-order chi connectivity index (χ1) is 15.9. The minimum Gasteiger partial charge on any atom is -0.496 e. The quantitative estimate of drug-likeness (QED) is 0.574. The Morgan fingerprint density at radius 2 is 2.06 bits per heavy atom. The van der Waals surface area contributed by atoms with Gasteiger partial charge in [-0.25, -0.2) is 9.97 Å². The van der Waals surface area contributed by atoms with Gasteiger partial charge in [-0.3, -0.25) is 9.78 Å². The average Bonchev–Trinajstić information content (AvgIpc) is 2.84. The lowest BCUT2D eigenvalue weighted by Crippen LogP contribution is -2.40. The van der Waals surface area contributed by atoms with Crippen LogP contribution in [0.15, 0.2) is 48.8 Å². The van der Waals surface area contributed by atoms with Crippen molar-refractivity contribution in [3.05, 3.63) is 65.6 Å². The Kier molecular flexibility index (Phi) is 6.87. The molecule has 7 nitrogen and oxygen atoms in total. The van der Waals surface area contributed by atoms with Gasteiger partial charge in [-0.15, -0.1) is 0 Å². The zero-order chi connectivity index (χ0) is 23.4. The number of ether oxygens (including phenoxy) is 1. The van der Waals surface area contributed by atoms with E-state index < -0.39 is 0 Å². The second-order valence-electron chi connectivity index (χ2n) is 8.78. The Morgan fingerprint density at radius 1 is 1.21 bits per heavy atom. The van der Waals surface area contributed by atoms with Crippen LogP contribution in [0, 0.1) is 6.92 Å². The van der Waals surface area contributed by atoms with Gasteiger partial charge < -0.3 is 14.5 Å². The van der Waals surface area contributed by atoms with Crippen LogP contribution in [0.4, 0.5) is 5.82 Å². The van der Waals surface area contributed by atoms with Gasteiger partial charge in [0.15, 0.2) is 5.82 Å². The van der Waals surface area contributed by atoms with Gasteiger partial charge in [0.05, 0.1) is 19.2 Å². The van der Waals surface area contributed by atoms with Crippen molar-refractivity contribution >= 4 is 11.7 Å². The molecule has 0 unspecified atom stereocenters. The number of carbonyl (C=O) groups excluding carboxylic acids is 1. The Morgan fingerprint density at radius 3 is 2.79 bits per heavy atom. The highest BCUT2D eigenvalue weighted by molar-refractivity contribution is 5.79. The standard InChI is InChI=1S/C26H31N5O2/c1-18-9-10-23(33-4)21(13-18)14-25(32)31-12-6-8-20(17-31)22-15-24(30(2)3)29-26(28-22)19-7-5-11-27-16-19/h5,7,9-11,13,15-16,20H,6,8,12,14,17H2,1-4H3/t20-/m0/s1. The van der Waals surface area contributed by atoms with Gasteiger partial charge in [-0.1, -0.05) is 17.7 Å². The van der Waals surface area contributed by atoms with E-state index in [1.54, 1.807) is 19.5 Å². The summed E-state index contributed by atoms with van der Waals surface area (Å²) >= 11 is 0. The molecule has 3 heterocycles. The van der Waals surface area contributed by atoms with Gasteiger partial charge in [-0.05, 0) is 38.0 Å². The molecular formula is C26H31N5O2. The molecule has 4 rings (SSSR count). The summed E-state index contributed by atoms with van der Waals surface area (Å²) in [6.45, 7) is 3.45. The largest absolute Gasteiger partial charge is 0.496 e. The van der Waals surface area contributed by atoms with Gasteiger partial charge >= 0.3 is 0 Å². The van der Waals surface area contributed by atoms with Gasteiger partial charge in [0.25, 0.3) is 0 Å². The molecule has 2 aromatic heterocycles. The van der Waals surface area contributed by atoms with Crippen molar-refractivity contribution < 1.29 is 9.53 Å². The molecule has 0 radical (unpaired) electrons. The Labute approximate surface area is 195 Å². The monoisotopic (exact) mass is 445 g/mol. The first-order valence-corrected chi connectivity index (χ1v) is 11.3. The zero-order valence-corrected chi connectivity index (χ0v) is 19.8. The average molecular weight is 446 g/mol. The zero-order valence-electron chi connectivity index (χ0n) is 19.8. The summed E-state index contributed by atoms with van der Waals surface area (Å²) in [6, 6.07) is 11.9. The van der Waals surface area contributed by atoms with Crippen LogP contribution in [-0.4, -0.2) is 60.1 Å². The lowest BCUT2D eigenvalue weighted by atomic mass is 9.93. The van der Waals surface area contributed by atoms with Crippen LogP contribution in [0.1, 0.15) is 35.6 Å².